The smallest absolute Gasteiger partial charge is 0.305 e. The van der Waals surface area contributed by atoms with E-state index in [-0.39, 0.29) is 18.5 Å². The molecule has 0 saturated heterocycles. The second-order valence-electron chi connectivity index (χ2n) is 26.0. The van der Waals surface area contributed by atoms with Gasteiger partial charge in [-0.15, -0.1) is 0 Å². The van der Waals surface area contributed by atoms with Crippen LogP contribution in [0.2, 0.25) is 0 Å². The van der Waals surface area contributed by atoms with Crippen LogP contribution >= 0.6 is 0 Å². The first-order valence-electron chi connectivity index (χ1n) is 37.6. The summed E-state index contributed by atoms with van der Waals surface area (Å²) in [7, 11) is 0. The van der Waals surface area contributed by atoms with Gasteiger partial charge in [-0.25, -0.2) is 0 Å². The van der Waals surface area contributed by atoms with E-state index >= 15 is 0 Å². The zero-order chi connectivity index (χ0) is 59.2. The molecule has 82 heavy (non-hydrogen) atoms. The standard InChI is InChI=1S/C76H147NO5/c1-3-5-7-9-11-13-15-17-19-20-21-22-23-29-32-35-38-41-44-48-52-56-60-64-68-74(79)73(72-78)77-75(80)69-65-61-57-53-49-45-42-39-36-33-30-27-25-24-26-28-31-34-37-40-43-47-51-55-59-63-67-71-82-76(81)70-66-62-58-54-50-46-18-16-14-12-10-8-6-4-2/h16,18,24-25,73-74,78-79H,3-15,17,19-23,26-72H2,1-2H3,(H,77,80)/b18-16-,25-24-. The lowest BCUT2D eigenvalue weighted by Gasteiger charge is -2.22. The first-order valence-corrected chi connectivity index (χ1v) is 37.6. The fraction of sp³-hybridized carbons (Fsp3) is 0.921. The number of esters is 1. The van der Waals surface area contributed by atoms with Crippen molar-refractivity contribution in [1.82, 2.24) is 5.32 Å². The van der Waals surface area contributed by atoms with E-state index in [0.29, 0.717) is 25.9 Å². The van der Waals surface area contributed by atoms with Crippen LogP contribution in [0.4, 0.5) is 0 Å². The lowest BCUT2D eigenvalue weighted by atomic mass is 10.0. The van der Waals surface area contributed by atoms with Crippen LogP contribution in [0, 0.1) is 0 Å². The highest BCUT2D eigenvalue weighted by molar-refractivity contribution is 5.76. The molecule has 0 radical (unpaired) electrons. The van der Waals surface area contributed by atoms with Crippen molar-refractivity contribution >= 4 is 11.9 Å². The summed E-state index contributed by atoms with van der Waals surface area (Å²) in [6, 6.07) is -0.543. The van der Waals surface area contributed by atoms with Crippen LogP contribution in [0.15, 0.2) is 24.3 Å². The number of hydrogen-bond donors (Lipinski definition) is 3. The molecule has 0 spiro atoms. The third kappa shape index (κ3) is 67.5. The quantitative estimate of drug-likeness (QED) is 0.0320. The van der Waals surface area contributed by atoms with Crippen LogP contribution in [0.25, 0.3) is 0 Å². The highest BCUT2D eigenvalue weighted by atomic mass is 16.5. The molecule has 6 heteroatoms. The van der Waals surface area contributed by atoms with Gasteiger partial charge in [-0.3, -0.25) is 9.59 Å². The Labute approximate surface area is 513 Å². The van der Waals surface area contributed by atoms with Gasteiger partial charge in [-0.05, 0) is 77.0 Å². The topological polar surface area (TPSA) is 95.9 Å². The van der Waals surface area contributed by atoms with Gasteiger partial charge >= 0.3 is 5.97 Å². The molecule has 0 rings (SSSR count). The maximum Gasteiger partial charge on any atom is 0.305 e. The monoisotopic (exact) mass is 1150 g/mol. The average Bonchev–Trinajstić information content (AvgIpc) is 3.48. The van der Waals surface area contributed by atoms with Gasteiger partial charge in [0.05, 0.1) is 25.4 Å². The minimum atomic E-state index is -0.666. The number of aliphatic hydroxyl groups is 2. The van der Waals surface area contributed by atoms with Gasteiger partial charge in [-0.2, -0.15) is 0 Å². The Hall–Kier alpha value is -1.66. The normalized spacial score (nSPS) is 12.6. The first kappa shape index (κ1) is 80.3. The molecule has 0 aromatic carbocycles. The summed E-state index contributed by atoms with van der Waals surface area (Å²) in [6.45, 7) is 4.98. The van der Waals surface area contributed by atoms with Crippen molar-refractivity contribution in [1.29, 1.82) is 0 Å². The van der Waals surface area contributed by atoms with E-state index in [0.717, 1.165) is 44.9 Å². The Kier molecular flexibility index (Phi) is 70.4. The molecule has 2 unspecified atom stereocenters. The Balaban J connectivity index is 3.38. The summed E-state index contributed by atoms with van der Waals surface area (Å²) in [4.78, 5) is 24.6. The van der Waals surface area contributed by atoms with Crippen LogP contribution < -0.4 is 5.32 Å². The molecular weight excluding hydrogens is 1010 g/mol. The van der Waals surface area contributed by atoms with Gasteiger partial charge in [0.25, 0.3) is 0 Å². The second-order valence-corrected chi connectivity index (χ2v) is 26.0. The van der Waals surface area contributed by atoms with Crippen molar-refractivity contribution in [3.05, 3.63) is 24.3 Å². The molecule has 3 N–H and O–H groups in total. The van der Waals surface area contributed by atoms with Crippen molar-refractivity contribution in [2.75, 3.05) is 13.2 Å². The molecule has 0 saturated carbocycles. The minimum absolute atomic E-state index is 0.00752. The second kappa shape index (κ2) is 71.8. The molecule has 0 aliphatic heterocycles. The predicted octanol–water partition coefficient (Wildman–Crippen LogP) is 24.5. The number of nitrogens with one attached hydrogen (secondary N) is 1. The molecule has 0 aromatic heterocycles. The SMILES string of the molecule is CCCCCCC/C=C\CCCCCCCC(=O)OCCCCCCCCCCCCCC/C=C\CCCCCCCCCCCCCC(=O)NC(CO)C(O)CCCCCCCCCCCCCCCCCCCCCCCCCC. The number of hydrogen-bond acceptors (Lipinski definition) is 5. The fourth-order valence-corrected chi connectivity index (χ4v) is 12.0. The number of carbonyl (C=O) groups is 2. The fourth-order valence-electron chi connectivity index (χ4n) is 12.0. The van der Waals surface area contributed by atoms with Crippen molar-refractivity contribution in [3.63, 3.8) is 0 Å². The van der Waals surface area contributed by atoms with Gasteiger partial charge in [-0.1, -0.05) is 359 Å². The van der Waals surface area contributed by atoms with Crippen LogP contribution in [-0.4, -0.2) is 47.4 Å². The Morgan fingerprint density at radius 2 is 0.573 bits per heavy atom. The van der Waals surface area contributed by atoms with Crippen LogP contribution in [0.3, 0.4) is 0 Å². The minimum Gasteiger partial charge on any atom is -0.466 e. The van der Waals surface area contributed by atoms with E-state index in [1.807, 2.05) is 0 Å². The first-order chi connectivity index (χ1) is 40.5. The van der Waals surface area contributed by atoms with Gasteiger partial charge < -0.3 is 20.3 Å². The lowest BCUT2D eigenvalue weighted by Crippen LogP contribution is -2.45. The summed E-state index contributed by atoms with van der Waals surface area (Å²) in [5, 5.41) is 23.5. The van der Waals surface area contributed by atoms with Crippen molar-refractivity contribution < 1.29 is 24.5 Å². The summed E-state index contributed by atoms with van der Waals surface area (Å²) >= 11 is 0. The Bertz CT molecular complexity index is 1280. The summed E-state index contributed by atoms with van der Waals surface area (Å²) in [5.41, 5.74) is 0. The highest BCUT2D eigenvalue weighted by Crippen LogP contribution is 2.19. The summed E-state index contributed by atoms with van der Waals surface area (Å²) in [6.07, 6.45) is 91.0. The van der Waals surface area contributed by atoms with E-state index < -0.39 is 12.1 Å². The maximum absolute atomic E-state index is 12.6. The maximum atomic E-state index is 12.6. The molecule has 486 valence electrons. The van der Waals surface area contributed by atoms with E-state index in [1.165, 1.54) is 347 Å². The summed E-state index contributed by atoms with van der Waals surface area (Å²) in [5.74, 6) is -0.0231. The van der Waals surface area contributed by atoms with Gasteiger partial charge in [0.1, 0.15) is 0 Å². The molecular formula is C76H147NO5. The van der Waals surface area contributed by atoms with E-state index in [4.69, 9.17) is 4.74 Å². The molecule has 0 heterocycles. The molecule has 1 amide bonds. The summed E-state index contributed by atoms with van der Waals surface area (Å²) < 4.78 is 5.49. The zero-order valence-corrected chi connectivity index (χ0v) is 55.8. The third-order valence-electron chi connectivity index (χ3n) is 17.7. The van der Waals surface area contributed by atoms with Crippen molar-refractivity contribution in [3.8, 4) is 0 Å². The number of amides is 1. The molecule has 2 atom stereocenters. The Morgan fingerprint density at radius 3 is 0.866 bits per heavy atom. The molecule has 0 aromatic rings. The van der Waals surface area contributed by atoms with E-state index in [1.54, 1.807) is 0 Å². The number of ether oxygens (including phenoxy) is 1. The van der Waals surface area contributed by atoms with Crippen LogP contribution in [0.5, 0.6) is 0 Å². The number of allylic oxidation sites excluding steroid dienone is 4. The third-order valence-corrected chi connectivity index (χ3v) is 17.7. The van der Waals surface area contributed by atoms with Crippen LogP contribution in [-0.2, 0) is 14.3 Å². The van der Waals surface area contributed by atoms with Crippen molar-refractivity contribution in [2.24, 2.45) is 0 Å². The Morgan fingerprint density at radius 1 is 0.329 bits per heavy atom. The average molecular weight is 1160 g/mol. The largest absolute Gasteiger partial charge is 0.466 e. The number of carbonyl (C=O) groups excluding carboxylic acids is 2. The van der Waals surface area contributed by atoms with Gasteiger partial charge in [0.2, 0.25) is 5.91 Å². The van der Waals surface area contributed by atoms with Gasteiger partial charge in [0.15, 0.2) is 0 Å². The molecule has 6 nitrogen and oxygen atoms in total. The highest BCUT2D eigenvalue weighted by Gasteiger charge is 2.20. The number of aliphatic hydroxyl groups excluding tert-OH is 2. The van der Waals surface area contributed by atoms with E-state index in [9.17, 15) is 19.8 Å². The zero-order valence-electron chi connectivity index (χ0n) is 55.8. The lowest BCUT2D eigenvalue weighted by molar-refractivity contribution is -0.143. The van der Waals surface area contributed by atoms with Gasteiger partial charge in [0, 0.05) is 12.8 Å². The molecule has 0 aliphatic rings. The van der Waals surface area contributed by atoms with Crippen LogP contribution in [0.1, 0.15) is 425 Å². The molecule has 0 aliphatic carbocycles. The van der Waals surface area contributed by atoms with E-state index in [2.05, 4.69) is 43.5 Å². The predicted molar refractivity (Wildman–Crippen MR) is 361 cm³/mol. The van der Waals surface area contributed by atoms with Crippen molar-refractivity contribution in [2.45, 2.75) is 437 Å². The molecule has 0 fully saturated rings. The number of unbranched alkanes of at least 4 members (excludes halogenated alkanes) is 56. The number of rotatable bonds is 71. The molecule has 0 bridgehead atoms.